The second-order valence-electron chi connectivity index (χ2n) is 3.59. The van der Waals surface area contributed by atoms with E-state index in [1.165, 1.54) is 12.1 Å². The monoisotopic (exact) mass is 239 g/mol. The minimum atomic E-state index is -0.393. The lowest BCUT2D eigenvalue weighted by atomic mass is 10.1. The van der Waals surface area contributed by atoms with Gasteiger partial charge in [0.2, 0.25) is 0 Å². The minimum absolute atomic E-state index is 0.393. The molecule has 0 fully saturated rings. The van der Waals surface area contributed by atoms with Crippen LogP contribution in [0.1, 0.15) is 16.7 Å². The molecule has 18 heavy (non-hydrogen) atoms. The topological polar surface area (TPSA) is 32.6 Å². The van der Waals surface area contributed by atoms with Crippen LogP contribution in [0.3, 0.4) is 0 Å². The minimum Gasteiger partial charge on any atom is -0.411 e. The van der Waals surface area contributed by atoms with Gasteiger partial charge in [-0.3, -0.25) is 0 Å². The summed E-state index contributed by atoms with van der Waals surface area (Å²) in [5.41, 5.74) is 1.92. The Balaban J connectivity index is 2.38. The average molecular weight is 239 g/mol. The van der Waals surface area contributed by atoms with E-state index in [1.807, 2.05) is 30.3 Å². The van der Waals surface area contributed by atoms with E-state index in [1.54, 1.807) is 6.07 Å². The van der Waals surface area contributed by atoms with Crippen molar-refractivity contribution in [1.82, 2.24) is 0 Å². The van der Waals surface area contributed by atoms with Crippen molar-refractivity contribution >= 4 is 6.21 Å². The van der Waals surface area contributed by atoms with Crippen LogP contribution in [0.15, 0.2) is 53.7 Å². The highest BCUT2D eigenvalue weighted by Crippen LogP contribution is 2.08. The highest BCUT2D eigenvalue weighted by molar-refractivity contribution is 5.83. The van der Waals surface area contributed by atoms with Crippen molar-refractivity contribution in [2.45, 2.75) is 0 Å². The van der Waals surface area contributed by atoms with E-state index in [2.05, 4.69) is 17.0 Å². The first-order valence-electron chi connectivity index (χ1n) is 5.33. The van der Waals surface area contributed by atoms with Gasteiger partial charge in [0.05, 0.1) is 6.21 Å². The molecule has 2 rings (SSSR count). The Morgan fingerprint density at radius 1 is 1.06 bits per heavy atom. The predicted molar refractivity (Wildman–Crippen MR) is 68.2 cm³/mol. The van der Waals surface area contributed by atoms with Crippen molar-refractivity contribution in [2.75, 3.05) is 0 Å². The molecule has 0 aliphatic carbocycles. The SMILES string of the molecule is O/N=C/c1cc(F)ccc1C#Cc1ccccc1. The molecule has 2 aromatic rings. The van der Waals surface area contributed by atoms with Crippen molar-refractivity contribution in [3.8, 4) is 11.8 Å². The first kappa shape index (κ1) is 11.9. The number of oxime groups is 1. The maximum atomic E-state index is 13.0. The Kier molecular flexibility index (Phi) is 3.72. The van der Waals surface area contributed by atoms with Crippen molar-refractivity contribution in [3.05, 3.63) is 71.0 Å². The van der Waals surface area contributed by atoms with Gasteiger partial charge < -0.3 is 5.21 Å². The molecule has 88 valence electrons. The molecule has 0 saturated heterocycles. The number of halogens is 1. The van der Waals surface area contributed by atoms with Gasteiger partial charge in [-0.25, -0.2) is 4.39 Å². The third-order valence-corrected chi connectivity index (χ3v) is 2.33. The highest BCUT2D eigenvalue weighted by atomic mass is 19.1. The molecule has 0 atom stereocenters. The molecule has 2 aromatic carbocycles. The Hall–Kier alpha value is -2.60. The fourth-order valence-electron chi connectivity index (χ4n) is 1.48. The quantitative estimate of drug-likeness (QED) is 0.353. The van der Waals surface area contributed by atoms with Crippen molar-refractivity contribution in [3.63, 3.8) is 0 Å². The molecule has 0 bridgehead atoms. The molecular formula is C15H10FNO. The van der Waals surface area contributed by atoms with Crippen LogP contribution in [-0.4, -0.2) is 11.4 Å². The normalized spacial score (nSPS) is 10.1. The molecule has 3 heteroatoms. The van der Waals surface area contributed by atoms with Crippen LogP contribution in [0, 0.1) is 17.7 Å². The molecule has 0 aromatic heterocycles. The van der Waals surface area contributed by atoms with Crippen LogP contribution in [-0.2, 0) is 0 Å². The molecule has 0 unspecified atom stereocenters. The fraction of sp³-hybridized carbons (Fsp3) is 0. The molecule has 1 N–H and O–H groups in total. The van der Waals surface area contributed by atoms with Gasteiger partial charge in [-0.05, 0) is 30.3 Å². The lowest BCUT2D eigenvalue weighted by molar-refractivity contribution is 0.322. The Labute approximate surface area is 104 Å². The highest BCUT2D eigenvalue weighted by Gasteiger charge is 1.99. The second-order valence-corrected chi connectivity index (χ2v) is 3.59. The Bertz CT molecular complexity index is 624. The summed E-state index contributed by atoms with van der Waals surface area (Å²) in [4.78, 5) is 0. The van der Waals surface area contributed by atoms with Gasteiger partial charge in [-0.2, -0.15) is 0 Å². The molecule has 0 radical (unpaired) electrons. The largest absolute Gasteiger partial charge is 0.411 e. The molecule has 0 amide bonds. The van der Waals surface area contributed by atoms with E-state index in [-0.39, 0.29) is 0 Å². The van der Waals surface area contributed by atoms with Crippen molar-refractivity contribution in [2.24, 2.45) is 5.16 Å². The lowest BCUT2D eigenvalue weighted by Crippen LogP contribution is -1.90. The van der Waals surface area contributed by atoms with Gasteiger partial charge in [-0.1, -0.05) is 35.2 Å². The summed E-state index contributed by atoms with van der Waals surface area (Å²) in [6, 6.07) is 13.6. The average Bonchev–Trinajstić information content (AvgIpc) is 2.39. The number of hydrogen-bond donors (Lipinski definition) is 1. The maximum absolute atomic E-state index is 13.0. The number of nitrogens with zero attached hydrogens (tertiary/aromatic N) is 1. The van der Waals surface area contributed by atoms with E-state index in [0.717, 1.165) is 11.8 Å². The molecule has 0 aliphatic rings. The smallest absolute Gasteiger partial charge is 0.123 e. The first-order chi connectivity index (χ1) is 8.79. The summed E-state index contributed by atoms with van der Waals surface area (Å²) < 4.78 is 13.0. The predicted octanol–water partition coefficient (Wildman–Crippen LogP) is 3.03. The standard InChI is InChI=1S/C15H10FNO/c16-15-9-8-13(14(10-15)11-17-18)7-6-12-4-2-1-3-5-12/h1-5,8-11,18H/b17-11+. The van der Waals surface area contributed by atoms with Gasteiger partial charge >= 0.3 is 0 Å². The zero-order valence-corrected chi connectivity index (χ0v) is 9.47. The summed E-state index contributed by atoms with van der Waals surface area (Å²) in [7, 11) is 0. The number of benzene rings is 2. The van der Waals surface area contributed by atoms with E-state index < -0.39 is 5.82 Å². The van der Waals surface area contributed by atoms with Crippen LogP contribution < -0.4 is 0 Å². The van der Waals surface area contributed by atoms with Gasteiger partial charge in [0, 0.05) is 16.7 Å². The van der Waals surface area contributed by atoms with E-state index in [9.17, 15) is 4.39 Å². The zero-order chi connectivity index (χ0) is 12.8. The van der Waals surface area contributed by atoms with Crippen molar-refractivity contribution < 1.29 is 9.60 Å². The van der Waals surface area contributed by atoms with Gasteiger partial charge in [0.1, 0.15) is 5.82 Å². The molecule has 0 saturated carbocycles. The van der Waals surface area contributed by atoms with E-state index >= 15 is 0 Å². The van der Waals surface area contributed by atoms with Gasteiger partial charge in [0.15, 0.2) is 0 Å². The third-order valence-electron chi connectivity index (χ3n) is 2.33. The van der Waals surface area contributed by atoms with Crippen molar-refractivity contribution in [1.29, 1.82) is 0 Å². The molecule has 2 nitrogen and oxygen atoms in total. The van der Waals surface area contributed by atoms with Crippen LogP contribution in [0.2, 0.25) is 0 Å². The van der Waals surface area contributed by atoms with E-state index in [0.29, 0.717) is 11.1 Å². The van der Waals surface area contributed by atoms with Gasteiger partial charge in [0.25, 0.3) is 0 Å². The fourth-order valence-corrected chi connectivity index (χ4v) is 1.48. The third kappa shape index (κ3) is 2.96. The van der Waals surface area contributed by atoms with Gasteiger partial charge in [-0.15, -0.1) is 0 Å². The molecule has 0 aliphatic heterocycles. The van der Waals surface area contributed by atoms with Crippen LogP contribution in [0.25, 0.3) is 0 Å². The molecule has 0 spiro atoms. The Morgan fingerprint density at radius 2 is 1.83 bits per heavy atom. The number of hydrogen-bond acceptors (Lipinski definition) is 2. The van der Waals surface area contributed by atoms with Crippen LogP contribution in [0.5, 0.6) is 0 Å². The Morgan fingerprint density at radius 3 is 2.56 bits per heavy atom. The summed E-state index contributed by atoms with van der Waals surface area (Å²) in [5.74, 6) is 5.49. The van der Waals surface area contributed by atoms with Crippen LogP contribution >= 0.6 is 0 Å². The summed E-state index contributed by atoms with van der Waals surface area (Å²) in [5, 5.41) is 11.4. The summed E-state index contributed by atoms with van der Waals surface area (Å²) in [6.07, 6.45) is 1.16. The first-order valence-corrected chi connectivity index (χ1v) is 5.33. The lowest BCUT2D eigenvalue weighted by Gasteiger charge is -1.97. The number of rotatable bonds is 1. The summed E-state index contributed by atoms with van der Waals surface area (Å²) >= 11 is 0. The molecular weight excluding hydrogens is 229 g/mol. The van der Waals surface area contributed by atoms with E-state index in [4.69, 9.17) is 5.21 Å². The zero-order valence-electron chi connectivity index (χ0n) is 9.47. The van der Waals surface area contributed by atoms with Crippen LogP contribution in [0.4, 0.5) is 4.39 Å². The second kappa shape index (κ2) is 5.65. The molecule has 0 heterocycles. The summed E-state index contributed by atoms with van der Waals surface area (Å²) in [6.45, 7) is 0. The maximum Gasteiger partial charge on any atom is 0.123 e.